The number of rotatable bonds is 3. The van der Waals surface area contributed by atoms with Crippen molar-refractivity contribution in [1.29, 1.82) is 0 Å². The van der Waals surface area contributed by atoms with Crippen LogP contribution in [0.4, 0.5) is 0 Å². The lowest BCUT2D eigenvalue weighted by Gasteiger charge is -2.08. The molecule has 0 N–H and O–H groups in total. The Balaban J connectivity index is 2.21. The van der Waals surface area contributed by atoms with E-state index in [1.807, 2.05) is 24.3 Å². The van der Waals surface area contributed by atoms with Crippen LogP contribution in [0.1, 0.15) is 0 Å². The molecule has 0 aliphatic rings. The first-order valence-corrected chi connectivity index (χ1v) is 6.40. The molecule has 0 atom stereocenters. The van der Waals surface area contributed by atoms with Crippen LogP contribution in [0.5, 0.6) is 17.4 Å². The lowest BCUT2D eigenvalue weighted by Crippen LogP contribution is -1.89. The number of hydrogen-bond acceptors (Lipinski definition) is 3. The Morgan fingerprint density at radius 3 is 2.53 bits per heavy atom. The highest BCUT2D eigenvalue weighted by atomic mass is 79.9. The third-order valence-electron chi connectivity index (χ3n) is 2.05. The molecule has 0 unspecified atom stereocenters. The Kier molecular flexibility index (Phi) is 4.02. The summed E-state index contributed by atoms with van der Waals surface area (Å²) in [5.41, 5.74) is 0. The van der Waals surface area contributed by atoms with E-state index in [2.05, 4.69) is 36.8 Å². The first kappa shape index (κ1) is 12.4. The molecule has 0 saturated carbocycles. The maximum absolute atomic E-state index is 5.63. The fourth-order valence-electron chi connectivity index (χ4n) is 1.23. The van der Waals surface area contributed by atoms with Gasteiger partial charge in [0.1, 0.15) is 11.5 Å². The van der Waals surface area contributed by atoms with E-state index in [0.29, 0.717) is 11.6 Å². The third-order valence-corrected chi connectivity index (χ3v) is 3.14. The van der Waals surface area contributed by atoms with Crippen molar-refractivity contribution in [1.82, 2.24) is 4.98 Å². The molecule has 1 heterocycles. The molecule has 0 bridgehead atoms. The van der Waals surface area contributed by atoms with Crippen LogP contribution in [-0.4, -0.2) is 12.1 Å². The number of halogens is 2. The van der Waals surface area contributed by atoms with Gasteiger partial charge in [0, 0.05) is 16.7 Å². The van der Waals surface area contributed by atoms with Gasteiger partial charge in [-0.2, -0.15) is 0 Å². The first-order valence-electron chi connectivity index (χ1n) is 4.82. The summed E-state index contributed by atoms with van der Waals surface area (Å²) in [6.07, 6.45) is 1.69. The first-order chi connectivity index (χ1) is 8.19. The smallest absolute Gasteiger partial charge is 0.219 e. The molecule has 17 heavy (non-hydrogen) atoms. The lowest BCUT2D eigenvalue weighted by molar-refractivity contribution is 0.411. The minimum Gasteiger partial charge on any atom is -0.497 e. The van der Waals surface area contributed by atoms with Crippen LogP contribution in [0.2, 0.25) is 0 Å². The summed E-state index contributed by atoms with van der Waals surface area (Å²) in [5, 5.41) is 0. The normalized spacial score (nSPS) is 10.1. The van der Waals surface area contributed by atoms with Crippen molar-refractivity contribution in [2.45, 2.75) is 0 Å². The highest BCUT2D eigenvalue weighted by molar-refractivity contribution is 9.10. The molecular weight excluding hydrogens is 350 g/mol. The van der Waals surface area contributed by atoms with E-state index in [-0.39, 0.29) is 0 Å². The van der Waals surface area contributed by atoms with Crippen molar-refractivity contribution in [3.8, 4) is 17.4 Å². The Hall–Kier alpha value is -1.07. The average Bonchev–Trinajstić information content (AvgIpc) is 2.34. The molecule has 2 rings (SSSR count). The molecule has 0 radical (unpaired) electrons. The van der Waals surface area contributed by atoms with Crippen LogP contribution in [0, 0.1) is 0 Å². The molecule has 2 aromatic rings. The van der Waals surface area contributed by atoms with E-state index >= 15 is 0 Å². The standard InChI is InChI=1S/C12H9Br2NO2/c1-16-9-3-4-11(10(14)6-9)17-12-5-2-8(13)7-15-12/h2-7H,1H3. The number of ether oxygens (including phenoxy) is 2. The average molecular weight is 359 g/mol. The zero-order chi connectivity index (χ0) is 12.3. The molecule has 0 spiro atoms. The van der Waals surface area contributed by atoms with Crippen LogP contribution in [0.3, 0.4) is 0 Å². The Bertz CT molecular complexity index is 514. The monoisotopic (exact) mass is 357 g/mol. The van der Waals surface area contributed by atoms with Gasteiger partial charge in [0.15, 0.2) is 0 Å². The number of hydrogen-bond donors (Lipinski definition) is 0. The Morgan fingerprint density at radius 1 is 1.12 bits per heavy atom. The predicted octanol–water partition coefficient (Wildman–Crippen LogP) is 4.41. The van der Waals surface area contributed by atoms with Gasteiger partial charge in [0.05, 0.1) is 11.6 Å². The van der Waals surface area contributed by atoms with Crippen molar-refractivity contribution < 1.29 is 9.47 Å². The second kappa shape index (κ2) is 5.51. The number of nitrogens with zero attached hydrogens (tertiary/aromatic N) is 1. The quantitative estimate of drug-likeness (QED) is 0.814. The Labute approximate surface area is 116 Å². The van der Waals surface area contributed by atoms with Gasteiger partial charge in [-0.15, -0.1) is 0 Å². The topological polar surface area (TPSA) is 31.4 Å². The van der Waals surface area contributed by atoms with Crippen molar-refractivity contribution in [3.05, 3.63) is 45.5 Å². The van der Waals surface area contributed by atoms with Gasteiger partial charge in [-0.1, -0.05) is 0 Å². The summed E-state index contributed by atoms with van der Waals surface area (Å²) >= 11 is 6.74. The van der Waals surface area contributed by atoms with E-state index in [4.69, 9.17) is 9.47 Å². The number of pyridine rings is 1. The number of benzene rings is 1. The fraction of sp³-hybridized carbons (Fsp3) is 0.0833. The van der Waals surface area contributed by atoms with E-state index in [1.165, 1.54) is 0 Å². The van der Waals surface area contributed by atoms with Crippen molar-refractivity contribution in [2.75, 3.05) is 7.11 Å². The van der Waals surface area contributed by atoms with Crippen LogP contribution in [-0.2, 0) is 0 Å². The van der Waals surface area contributed by atoms with Crippen molar-refractivity contribution >= 4 is 31.9 Å². The maximum Gasteiger partial charge on any atom is 0.219 e. The molecule has 0 saturated heterocycles. The second-order valence-corrected chi connectivity index (χ2v) is 4.98. The van der Waals surface area contributed by atoms with Crippen LogP contribution in [0.15, 0.2) is 45.5 Å². The minimum absolute atomic E-state index is 0.541. The molecule has 0 amide bonds. The van der Waals surface area contributed by atoms with Crippen LogP contribution >= 0.6 is 31.9 Å². The number of aromatic nitrogens is 1. The predicted molar refractivity (Wildman–Crippen MR) is 72.7 cm³/mol. The lowest BCUT2D eigenvalue weighted by atomic mass is 10.3. The van der Waals surface area contributed by atoms with E-state index in [0.717, 1.165) is 14.7 Å². The molecule has 0 aliphatic heterocycles. The van der Waals surface area contributed by atoms with Crippen molar-refractivity contribution in [3.63, 3.8) is 0 Å². The van der Waals surface area contributed by atoms with Gasteiger partial charge >= 0.3 is 0 Å². The molecule has 1 aromatic carbocycles. The second-order valence-electron chi connectivity index (χ2n) is 3.21. The van der Waals surface area contributed by atoms with Gasteiger partial charge in [-0.25, -0.2) is 4.98 Å². The van der Waals surface area contributed by atoms with Gasteiger partial charge in [0.2, 0.25) is 5.88 Å². The highest BCUT2D eigenvalue weighted by Gasteiger charge is 2.05. The summed E-state index contributed by atoms with van der Waals surface area (Å²) < 4.78 is 12.5. The summed E-state index contributed by atoms with van der Waals surface area (Å²) in [6, 6.07) is 9.17. The SMILES string of the molecule is COc1ccc(Oc2ccc(Br)cn2)c(Br)c1. The molecule has 0 fully saturated rings. The summed E-state index contributed by atoms with van der Waals surface area (Å²) in [7, 11) is 1.62. The van der Waals surface area contributed by atoms with E-state index < -0.39 is 0 Å². The number of methoxy groups -OCH3 is 1. The third kappa shape index (κ3) is 3.20. The van der Waals surface area contributed by atoms with Gasteiger partial charge in [-0.3, -0.25) is 0 Å². The van der Waals surface area contributed by atoms with E-state index in [1.54, 1.807) is 19.4 Å². The molecule has 0 aliphatic carbocycles. The summed E-state index contributed by atoms with van der Waals surface area (Å²) in [6.45, 7) is 0. The summed E-state index contributed by atoms with van der Waals surface area (Å²) in [5.74, 6) is 2.01. The highest BCUT2D eigenvalue weighted by Crippen LogP contribution is 2.32. The molecule has 5 heteroatoms. The molecule has 88 valence electrons. The van der Waals surface area contributed by atoms with Crippen LogP contribution in [0.25, 0.3) is 0 Å². The zero-order valence-corrected chi connectivity index (χ0v) is 12.2. The van der Waals surface area contributed by atoms with Gasteiger partial charge < -0.3 is 9.47 Å². The minimum atomic E-state index is 0.541. The molecular formula is C12H9Br2NO2. The Morgan fingerprint density at radius 2 is 1.94 bits per heavy atom. The maximum atomic E-state index is 5.63. The van der Waals surface area contributed by atoms with E-state index in [9.17, 15) is 0 Å². The van der Waals surface area contributed by atoms with Crippen LogP contribution < -0.4 is 9.47 Å². The van der Waals surface area contributed by atoms with Gasteiger partial charge in [0.25, 0.3) is 0 Å². The van der Waals surface area contributed by atoms with Crippen molar-refractivity contribution in [2.24, 2.45) is 0 Å². The fourth-order valence-corrected chi connectivity index (χ4v) is 1.90. The molecule has 3 nitrogen and oxygen atoms in total. The zero-order valence-electron chi connectivity index (χ0n) is 8.98. The molecule has 1 aromatic heterocycles. The van der Waals surface area contributed by atoms with Gasteiger partial charge in [-0.05, 0) is 56.1 Å². The largest absolute Gasteiger partial charge is 0.497 e. The summed E-state index contributed by atoms with van der Waals surface area (Å²) in [4.78, 5) is 4.14.